The van der Waals surface area contributed by atoms with Crippen LogP contribution in [0.1, 0.15) is 37.9 Å². The predicted molar refractivity (Wildman–Crippen MR) is 81.5 cm³/mol. The quantitative estimate of drug-likeness (QED) is 0.869. The van der Waals surface area contributed by atoms with E-state index in [-0.39, 0.29) is 0 Å². The highest BCUT2D eigenvalue weighted by Gasteiger charge is 2.43. The van der Waals surface area contributed by atoms with Gasteiger partial charge in [-0.2, -0.15) is 0 Å². The number of fused-ring (bicyclic) bond motifs is 1. The molecule has 0 aromatic carbocycles. The molecule has 2 unspecified atom stereocenters. The zero-order valence-corrected chi connectivity index (χ0v) is 13.1. The summed E-state index contributed by atoms with van der Waals surface area (Å²) in [6.45, 7) is 2.01. The van der Waals surface area contributed by atoms with Crippen molar-refractivity contribution in [1.82, 2.24) is 9.97 Å². The zero-order chi connectivity index (χ0) is 14.9. The summed E-state index contributed by atoms with van der Waals surface area (Å²) in [4.78, 5) is 10.9. The van der Waals surface area contributed by atoms with Crippen molar-refractivity contribution < 1.29 is 9.84 Å². The molecule has 0 amide bonds. The molecule has 1 saturated carbocycles. The minimum absolute atomic E-state index is 0.333. The van der Waals surface area contributed by atoms with Gasteiger partial charge in [0.15, 0.2) is 5.82 Å². The number of halogens is 1. The second-order valence-electron chi connectivity index (χ2n) is 6.14. The minimum Gasteiger partial charge on any atom is -0.389 e. The third-order valence-electron chi connectivity index (χ3n) is 4.75. The van der Waals surface area contributed by atoms with E-state index in [0.29, 0.717) is 23.5 Å². The van der Waals surface area contributed by atoms with Gasteiger partial charge in [-0.15, -0.1) is 0 Å². The fourth-order valence-electron chi connectivity index (χ4n) is 3.59. The van der Waals surface area contributed by atoms with Crippen molar-refractivity contribution in [2.75, 3.05) is 25.1 Å². The molecular weight excluding hydrogens is 290 g/mol. The number of aromatic nitrogens is 2. The SMILES string of the molecule is COCc1nc(Cl)cc(N2CCC3(O)CCCCC3C2)n1. The average molecular weight is 312 g/mol. The normalized spacial score (nSPS) is 29.3. The average Bonchev–Trinajstić information content (AvgIpc) is 2.46. The standard InChI is InChI=1S/C15H22ClN3O2/c1-21-10-13-17-12(16)8-14(18-13)19-7-6-15(20)5-3-2-4-11(15)9-19/h8,11,20H,2-7,9-10H2,1H3. The summed E-state index contributed by atoms with van der Waals surface area (Å²) in [5, 5.41) is 11.2. The molecule has 3 rings (SSSR count). The van der Waals surface area contributed by atoms with Gasteiger partial charge in [0.05, 0.1) is 5.60 Å². The smallest absolute Gasteiger partial charge is 0.158 e. The third-order valence-corrected chi connectivity index (χ3v) is 4.95. The molecule has 2 atom stereocenters. The van der Waals surface area contributed by atoms with E-state index in [0.717, 1.165) is 44.6 Å². The Kier molecular flexibility index (Phi) is 4.33. The molecule has 1 aliphatic heterocycles. The molecule has 1 aliphatic carbocycles. The highest BCUT2D eigenvalue weighted by Crippen LogP contribution is 2.40. The van der Waals surface area contributed by atoms with Crippen molar-refractivity contribution in [2.45, 2.75) is 44.3 Å². The van der Waals surface area contributed by atoms with Crippen molar-refractivity contribution in [3.05, 3.63) is 17.0 Å². The van der Waals surface area contributed by atoms with Crippen LogP contribution in [0.4, 0.5) is 5.82 Å². The minimum atomic E-state index is -0.471. The summed E-state index contributed by atoms with van der Waals surface area (Å²) in [7, 11) is 1.62. The van der Waals surface area contributed by atoms with Crippen molar-refractivity contribution in [2.24, 2.45) is 5.92 Å². The Morgan fingerprint density at radius 2 is 2.29 bits per heavy atom. The lowest BCUT2D eigenvalue weighted by atomic mass is 9.71. The van der Waals surface area contributed by atoms with Crippen LogP contribution in [0.3, 0.4) is 0 Å². The van der Waals surface area contributed by atoms with Crippen LogP contribution in [0.2, 0.25) is 5.15 Å². The maximum atomic E-state index is 10.7. The molecular formula is C15H22ClN3O2. The molecule has 21 heavy (non-hydrogen) atoms. The molecule has 1 aromatic heterocycles. The van der Waals surface area contributed by atoms with E-state index in [4.69, 9.17) is 16.3 Å². The van der Waals surface area contributed by atoms with Gasteiger partial charge in [-0.25, -0.2) is 9.97 Å². The number of aliphatic hydroxyl groups is 1. The first-order chi connectivity index (χ1) is 10.1. The van der Waals surface area contributed by atoms with Crippen LogP contribution in [-0.4, -0.2) is 40.9 Å². The molecule has 5 nitrogen and oxygen atoms in total. The van der Waals surface area contributed by atoms with E-state index >= 15 is 0 Å². The molecule has 0 spiro atoms. The van der Waals surface area contributed by atoms with Crippen LogP contribution in [0.15, 0.2) is 6.07 Å². The molecule has 2 aliphatic rings. The number of rotatable bonds is 3. The van der Waals surface area contributed by atoms with Gasteiger partial charge in [-0.05, 0) is 19.3 Å². The van der Waals surface area contributed by atoms with E-state index in [1.165, 1.54) is 6.42 Å². The Morgan fingerprint density at radius 3 is 3.10 bits per heavy atom. The lowest BCUT2D eigenvalue weighted by molar-refractivity contribution is -0.0613. The van der Waals surface area contributed by atoms with Crippen molar-refractivity contribution in [3.63, 3.8) is 0 Å². The highest BCUT2D eigenvalue weighted by molar-refractivity contribution is 6.29. The van der Waals surface area contributed by atoms with Gasteiger partial charge in [0.2, 0.25) is 0 Å². The number of hydrogen-bond donors (Lipinski definition) is 1. The second-order valence-corrected chi connectivity index (χ2v) is 6.53. The predicted octanol–water partition coefficient (Wildman–Crippen LogP) is 2.41. The van der Waals surface area contributed by atoms with Crippen LogP contribution in [0, 0.1) is 5.92 Å². The number of hydrogen-bond acceptors (Lipinski definition) is 5. The van der Waals surface area contributed by atoms with E-state index in [1.807, 2.05) is 0 Å². The van der Waals surface area contributed by atoms with Gasteiger partial charge in [-0.1, -0.05) is 24.4 Å². The van der Waals surface area contributed by atoms with Crippen molar-refractivity contribution in [3.8, 4) is 0 Å². The van der Waals surface area contributed by atoms with Crippen molar-refractivity contribution in [1.29, 1.82) is 0 Å². The fourth-order valence-corrected chi connectivity index (χ4v) is 3.78. The first-order valence-corrected chi connectivity index (χ1v) is 7.98. The molecule has 6 heteroatoms. The molecule has 1 saturated heterocycles. The fraction of sp³-hybridized carbons (Fsp3) is 0.733. The summed E-state index contributed by atoms with van der Waals surface area (Å²) in [6.07, 6.45) is 5.19. The van der Waals surface area contributed by atoms with Crippen LogP contribution in [0.25, 0.3) is 0 Å². The monoisotopic (exact) mass is 311 g/mol. The number of nitrogens with zero attached hydrogens (tertiary/aromatic N) is 3. The first-order valence-electron chi connectivity index (χ1n) is 7.60. The lowest BCUT2D eigenvalue weighted by Gasteiger charge is -2.47. The van der Waals surface area contributed by atoms with E-state index in [2.05, 4.69) is 14.9 Å². The number of ether oxygens (including phenoxy) is 1. The molecule has 1 N–H and O–H groups in total. The largest absolute Gasteiger partial charge is 0.389 e. The molecule has 2 heterocycles. The summed E-state index contributed by atoms with van der Waals surface area (Å²) < 4.78 is 5.08. The molecule has 1 aromatic rings. The molecule has 2 fully saturated rings. The Balaban J connectivity index is 1.78. The zero-order valence-electron chi connectivity index (χ0n) is 12.4. The summed E-state index contributed by atoms with van der Waals surface area (Å²) in [5.41, 5.74) is -0.471. The Hall–Kier alpha value is -0.910. The van der Waals surface area contributed by atoms with Gasteiger partial charge in [0.25, 0.3) is 0 Å². The first kappa shape index (κ1) is 15.0. The highest BCUT2D eigenvalue weighted by atomic mass is 35.5. The number of methoxy groups -OCH3 is 1. The lowest BCUT2D eigenvalue weighted by Crippen LogP contribution is -2.53. The summed E-state index contributed by atoms with van der Waals surface area (Å²) >= 11 is 6.09. The maximum absolute atomic E-state index is 10.7. The van der Waals surface area contributed by atoms with Gasteiger partial charge in [-0.3, -0.25) is 0 Å². The second kappa shape index (κ2) is 6.07. The van der Waals surface area contributed by atoms with Gasteiger partial charge >= 0.3 is 0 Å². The molecule has 0 bridgehead atoms. The van der Waals surface area contributed by atoms with Gasteiger partial charge in [0, 0.05) is 32.2 Å². The van der Waals surface area contributed by atoms with Crippen LogP contribution >= 0.6 is 11.6 Å². The van der Waals surface area contributed by atoms with Crippen LogP contribution in [0.5, 0.6) is 0 Å². The topological polar surface area (TPSA) is 58.5 Å². The van der Waals surface area contributed by atoms with E-state index in [9.17, 15) is 5.11 Å². The van der Waals surface area contributed by atoms with Crippen LogP contribution in [-0.2, 0) is 11.3 Å². The van der Waals surface area contributed by atoms with Gasteiger partial charge < -0.3 is 14.7 Å². The maximum Gasteiger partial charge on any atom is 0.158 e. The van der Waals surface area contributed by atoms with Gasteiger partial charge in [0.1, 0.15) is 17.6 Å². The van der Waals surface area contributed by atoms with E-state index in [1.54, 1.807) is 13.2 Å². The Bertz CT molecular complexity index is 514. The Labute approximate surface area is 130 Å². The summed E-state index contributed by atoms with van der Waals surface area (Å²) in [6, 6.07) is 1.80. The Morgan fingerprint density at radius 1 is 1.43 bits per heavy atom. The molecule has 0 radical (unpaired) electrons. The van der Waals surface area contributed by atoms with Crippen LogP contribution < -0.4 is 4.90 Å². The number of anilines is 1. The van der Waals surface area contributed by atoms with E-state index < -0.39 is 5.60 Å². The van der Waals surface area contributed by atoms with Crippen molar-refractivity contribution >= 4 is 17.4 Å². The summed E-state index contributed by atoms with van der Waals surface area (Å²) in [5.74, 6) is 1.78. The number of piperidine rings is 1. The third kappa shape index (κ3) is 3.15. The molecule has 116 valence electrons.